The second-order valence-corrected chi connectivity index (χ2v) is 7.48. The van der Waals surface area contributed by atoms with E-state index < -0.39 is 5.97 Å². The zero-order valence-electron chi connectivity index (χ0n) is 14.5. The van der Waals surface area contributed by atoms with E-state index in [-0.39, 0.29) is 6.54 Å². The molecule has 1 heterocycles. The van der Waals surface area contributed by atoms with Crippen molar-refractivity contribution in [3.05, 3.63) is 30.1 Å². The van der Waals surface area contributed by atoms with Crippen LogP contribution >= 0.6 is 0 Å². The third kappa shape index (κ3) is 3.74. The van der Waals surface area contributed by atoms with Gasteiger partial charge in [-0.3, -0.25) is 9.69 Å². The van der Waals surface area contributed by atoms with E-state index in [9.17, 15) is 4.79 Å². The number of carboxylic acids is 1. The van der Waals surface area contributed by atoms with E-state index in [4.69, 9.17) is 5.11 Å². The third-order valence-electron chi connectivity index (χ3n) is 5.29. The van der Waals surface area contributed by atoms with E-state index in [1.807, 2.05) is 6.07 Å². The van der Waals surface area contributed by atoms with Gasteiger partial charge in [-0.15, -0.1) is 0 Å². The molecule has 0 atom stereocenters. The molecule has 2 aliphatic carbocycles. The molecule has 4 rings (SSSR count). The van der Waals surface area contributed by atoms with Crippen LogP contribution in [-0.2, 0) is 4.79 Å². The molecule has 132 valence electrons. The summed E-state index contributed by atoms with van der Waals surface area (Å²) in [6.45, 7) is 3.15. The minimum atomic E-state index is -0.727. The van der Waals surface area contributed by atoms with Gasteiger partial charge in [0.25, 0.3) is 0 Å². The first kappa shape index (κ1) is 16.3. The Hall–Kier alpha value is -2.21. The van der Waals surface area contributed by atoms with Crippen LogP contribution in [0.25, 0.3) is 10.9 Å². The number of aromatic nitrogens is 2. The van der Waals surface area contributed by atoms with Gasteiger partial charge >= 0.3 is 5.97 Å². The van der Waals surface area contributed by atoms with Gasteiger partial charge in [0.05, 0.1) is 12.1 Å². The summed E-state index contributed by atoms with van der Waals surface area (Å²) in [6.07, 6.45) is 6.03. The summed E-state index contributed by atoms with van der Waals surface area (Å²) in [7, 11) is 0. The molecule has 25 heavy (non-hydrogen) atoms. The summed E-state index contributed by atoms with van der Waals surface area (Å²) in [6, 6.07) is 6.89. The molecule has 0 unspecified atom stereocenters. The zero-order valence-corrected chi connectivity index (χ0v) is 14.5. The summed E-state index contributed by atoms with van der Waals surface area (Å²) in [5.74, 6) is 0.860. The first-order valence-corrected chi connectivity index (χ1v) is 9.02. The van der Waals surface area contributed by atoms with E-state index in [1.54, 1.807) is 6.33 Å². The van der Waals surface area contributed by atoms with Crippen molar-refractivity contribution in [2.24, 2.45) is 5.92 Å². The first-order chi connectivity index (χ1) is 12.1. The Bertz CT molecular complexity index is 784. The molecule has 2 N–H and O–H groups in total. The summed E-state index contributed by atoms with van der Waals surface area (Å²) in [5, 5.41) is 13.7. The summed E-state index contributed by atoms with van der Waals surface area (Å²) >= 11 is 0. The first-order valence-electron chi connectivity index (χ1n) is 9.02. The van der Waals surface area contributed by atoms with E-state index in [1.165, 1.54) is 18.4 Å². The monoisotopic (exact) mass is 340 g/mol. The molecule has 0 spiro atoms. The van der Waals surface area contributed by atoms with Crippen molar-refractivity contribution in [1.82, 2.24) is 14.9 Å². The number of anilines is 1. The SMILES string of the molecule is Cc1ccc2ncnc(NC3CC(N(CC(=O)O)CC4CC4)C3)c2c1. The van der Waals surface area contributed by atoms with E-state index in [2.05, 4.69) is 39.2 Å². The van der Waals surface area contributed by atoms with Crippen molar-refractivity contribution in [3.8, 4) is 0 Å². The fourth-order valence-electron chi connectivity index (χ4n) is 3.63. The average Bonchev–Trinajstić information content (AvgIpc) is 3.33. The van der Waals surface area contributed by atoms with E-state index in [0.717, 1.165) is 36.1 Å². The molecule has 2 saturated carbocycles. The van der Waals surface area contributed by atoms with Gasteiger partial charge in [-0.1, -0.05) is 11.6 Å². The van der Waals surface area contributed by atoms with Gasteiger partial charge in [0.15, 0.2) is 0 Å². The molecule has 0 amide bonds. The number of carboxylic acid groups (broad SMARTS) is 1. The molecular formula is C19H24N4O2. The van der Waals surface area contributed by atoms with Crippen LogP contribution in [0.4, 0.5) is 5.82 Å². The van der Waals surface area contributed by atoms with Crippen LogP contribution in [0.5, 0.6) is 0 Å². The Balaban J connectivity index is 1.40. The molecule has 6 nitrogen and oxygen atoms in total. The number of aliphatic carboxylic acids is 1. The number of rotatable bonds is 7. The highest BCUT2D eigenvalue weighted by molar-refractivity contribution is 5.89. The highest BCUT2D eigenvalue weighted by Gasteiger charge is 2.37. The fourth-order valence-corrected chi connectivity index (χ4v) is 3.63. The molecule has 0 aliphatic heterocycles. The molecule has 0 saturated heterocycles. The number of nitrogens with one attached hydrogen (secondary N) is 1. The topological polar surface area (TPSA) is 78.4 Å². The molecule has 2 fully saturated rings. The molecule has 0 radical (unpaired) electrons. The Morgan fingerprint density at radius 1 is 1.32 bits per heavy atom. The lowest BCUT2D eigenvalue weighted by molar-refractivity contribution is -0.139. The zero-order chi connectivity index (χ0) is 17.4. The second-order valence-electron chi connectivity index (χ2n) is 7.48. The molecule has 2 aromatic rings. The summed E-state index contributed by atoms with van der Waals surface area (Å²) in [5.41, 5.74) is 2.13. The van der Waals surface area contributed by atoms with E-state index >= 15 is 0 Å². The smallest absolute Gasteiger partial charge is 0.317 e. The molecule has 0 bridgehead atoms. The lowest BCUT2D eigenvalue weighted by Crippen LogP contribution is -2.52. The molecular weight excluding hydrogens is 316 g/mol. The standard InChI is InChI=1S/C19H24N4O2/c1-12-2-5-17-16(6-12)19(21-11-20-17)22-14-7-15(8-14)23(10-18(24)25)9-13-3-4-13/h2,5-6,11,13-15H,3-4,7-10H2,1H3,(H,24,25)(H,20,21,22). The number of aryl methyl sites for hydroxylation is 1. The Labute approximate surface area is 147 Å². The summed E-state index contributed by atoms with van der Waals surface area (Å²) < 4.78 is 0. The molecule has 1 aromatic carbocycles. The van der Waals surface area contributed by atoms with Crippen LogP contribution in [0.3, 0.4) is 0 Å². The van der Waals surface area contributed by atoms with Gasteiger partial charge in [0, 0.05) is 24.0 Å². The van der Waals surface area contributed by atoms with Crippen LogP contribution in [0.1, 0.15) is 31.2 Å². The van der Waals surface area contributed by atoms with Gasteiger partial charge in [-0.05, 0) is 50.7 Å². The van der Waals surface area contributed by atoms with Gasteiger partial charge < -0.3 is 10.4 Å². The average molecular weight is 340 g/mol. The molecule has 1 aromatic heterocycles. The Kier molecular flexibility index (Phi) is 4.29. The van der Waals surface area contributed by atoms with Crippen molar-refractivity contribution in [1.29, 1.82) is 0 Å². The van der Waals surface area contributed by atoms with Crippen molar-refractivity contribution in [2.75, 3.05) is 18.4 Å². The van der Waals surface area contributed by atoms with Crippen LogP contribution in [0, 0.1) is 12.8 Å². The maximum Gasteiger partial charge on any atom is 0.317 e. The number of nitrogens with zero attached hydrogens (tertiary/aromatic N) is 3. The highest BCUT2D eigenvalue weighted by Crippen LogP contribution is 2.35. The van der Waals surface area contributed by atoms with Crippen molar-refractivity contribution in [3.63, 3.8) is 0 Å². The van der Waals surface area contributed by atoms with Crippen molar-refractivity contribution >= 4 is 22.7 Å². The maximum absolute atomic E-state index is 11.1. The lowest BCUT2D eigenvalue weighted by Gasteiger charge is -2.43. The number of hydrogen-bond donors (Lipinski definition) is 2. The van der Waals surface area contributed by atoms with Crippen molar-refractivity contribution in [2.45, 2.75) is 44.7 Å². The number of hydrogen-bond acceptors (Lipinski definition) is 5. The summed E-state index contributed by atoms with van der Waals surface area (Å²) in [4.78, 5) is 22.0. The van der Waals surface area contributed by atoms with Gasteiger partial charge in [-0.25, -0.2) is 9.97 Å². The van der Waals surface area contributed by atoms with Crippen LogP contribution in [0.2, 0.25) is 0 Å². The predicted octanol–water partition coefficient (Wildman–Crippen LogP) is 2.68. The molecule has 2 aliphatic rings. The second kappa shape index (κ2) is 6.59. The normalized spacial score (nSPS) is 22.8. The van der Waals surface area contributed by atoms with Gasteiger partial charge in [0.2, 0.25) is 0 Å². The van der Waals surface area contributed by atoms with Gasteiger partial charge in [-0.2, -0.15) is 0 Å². The predicted molar refractivity (Wildman–Crippen MR) is 96.6 cm³/mol. The van der Waals surface area contributed by atoms with Crippen LogP contribution in [-0.4, -0.2) is 51.1 Å². The minimum absolute atomic E-state index is 0.156. The quantitative estimate of drug-likeness (QED) is 0.807. The largest absolute Gasteiger partial charge is 0.480 e. The number of benzene rings is 1. The fraction of sp³-hybridized carbons (Fsp3) is 0.526. The number of fused-ring (bicyclic) bond motifs is 1. The van der Waals surface area contributed by atoms with Crippen molar-refractivity contribution < 1.29 is 9.90 Å². The Morgan fingerprint density at radius 3 is 2.84 bits per heavy atom. The number of carbonyl (C=O) groups is 1. The van der Waals surface area contributed by atoms with Gasteiger partial charge in [0.1, 0.15) is 12.1 Å². The van der Waals surface area contributed by atoms with Crippen LogP contribution in [0.15, 0.2) is 24.5 Å². The van der Waals surface area contributed by atoms with E-state index in [0.29, 0.717) is 18.0 Å². The maximum atomic E-state index is 11.1. The van der Waals surface area contributed by atoms with Crippen LogP contribution < -0.4 is 5.32 Å². The minimum Gasteiger partial charge on any atom is -0.480 e. The lowest BCUT2D eigenvalue weighted by atomic mass is 9.85. The third-order valence-corrected chi connectivity index (χ3v) is 5.29. The Morgan fingerprint density at radius 2 is 2.12 bits per heavy atom. The highest BCUT2D eigenvalue weighted by atomic mass is 16.4. The molecule has 6 heteroatoms.